The monoisotopic (exact) mass is 441 g/mol. The van der Waals surface area contributed by atoms with Crippen LogP contribution in [-0.4, -0.2) is 44.2 Å². The number of alkyl halides is 1. The van der Waals surface area contributed by atoms with Gasteiger partial charge in [0.2, 0.25) is 0 Å². The van der Waals surface area contributed by atoms with E-state index in [4.69, 9.17) is 9.72 Å². The van der Waals surface area contributed by atoms with Crippen LogP contribution in [0.1, 0.15) is 35.3 Å². The molecule has 6 heteroatoms. The van der Waals surface area contributed by atoms with Crippen LogP contribution in [-0.2, 0) is 0 Å². The first-order chi connectivity index (χ1) is 12.1. The summed E-state index contributed by atoms with van der Waals surface area (Å²) in [5.74, 6) is 0.711. The fraction of sp³-hybridized carbons (Fsp3) is 0.211. The summed E-state index contributed by atoms with van der Waals surface area (Å²) in [6.45, 7) is 3.94. The van der Waals surface area contributed by atoms with Crippen LogP contribution in [0.5, 0.6) is 5.75 Å². The first-order valence-corrected chi connectivity index (χ1v) is 10.7. The Hall–Kier alpha value is -2.02. The van der Waals surface area contributed by atoms with Crippen LogP contribution in [0.4, 0.5) is 4.39 Å². The van der Waals surface area contributed by atoms with Crippen molar-refractivity contribution in [2.24, 2.45) is 3.21 Å². The Balaban J connectivity index is 2.08. The number of hydrogen-bond acceptors (Lipinski definition) is 4. The zero-order chi connectivity index (χ0) is 17.6. The number of ether oxygens (including phenoxy) is 1. The maximum absolute atomic E-state index is 15.7. The maximum atomic E-state index is 15.7. The predicted octanol–water partition coefficient (Wildman–Crippen LogP) is 3.07. The third kappa shape index (κ3) is 2.70. The molecule has 0 saturated heterocycles. The number of fused-ring (bicyclic) bond motifs is 2. The summed E-state index contributed by atoms with van der Waals surface area (Å²) >= 11 is -1.14. The second-order valence-electron chi connectivity index (χ2n) is 6.04. The van der Waals surface area contributed by atoms with E-state index in [1.54, 1.807) is 31.6 Å². The summed E-state index contributed by atoms with van der Waals surface area (Å²) in [6.07, 6.45) is 1.99. The summed E-state index contributed by atoms with van der Waals surface area (Å²) in [5, 5.41) is 0.802. The van der Waals surface area contributed by atoms with Crippen LogP contribution in [0.3, 0.4) is 0 Å². The van der Waals surface area contributed by atoms with E-state index in [0.29, 0.717) is 16.9 Å². The first-order valence-electron chi connectivity index (χ1n) is 7.97. The van der Waals surface area contributed by atoms with E-state index in [1.807, 2.05) is 26.0 Å². The summed E-state index contributed by atoms with van der Waals surface area (Å²) in [7, 11) is 1.62. The molecule has 0 N–H and O–H groups in total. The molecule has 124 valence electrons. The molecule has 3 aromatic rings. The van der Waals surface area contributed by atoms with E-state index >= 15 is 4.39 Å². The molecule has 1 atom stereocenters. The van der Waals surface area contributed by atoms with Crippen LogP contribution in [0.2, 0.25) is 0 Å². The molecule has 1 unspecified atom stereocenters. The van der Waals surface area contributed by atoms with E-state index in [2.05, 4.69) is 8.20 Å². The first kappa shape index (κ1) is 16.4. The molecular formula is C19H16FN3OSn. The molecule has 25 heavy (non-hydrogen) atoms. The SMILES string of the molecule is COc1cc(C)c2n[c]3c(c(C(F)c4ccncc4)c2c1)C(C)=[N][Sn]3. The van der Waals surface area contributed by atoms with Gasteiger partial charge in [-0.3, -0.25) is 0 Å². The van der Waals surface area contributed by atoms with Gasteiger partial charge in [-0.2, -0.15) is 0 Å². The van der Waals surface area contributed by atoms with E-state index in [1.165, 1.54) is 0 Å². The molecule has 2 radical (unpaired) electrons. The number of benzene rings is 1. The summed E-state index contributed by atoms with van der Waals surface area (Å²) < 4.78 is 26.7. The quantitative estimate of drug-likeness (QED) is 0.589. The molecule has 0 amide bonds. The molecule has 1 aromatic carbocycles. The van der Waals surface area contributed by atoms with Crippen molar-refractivity contribution in [1.82, 2.24) is 9.97 Å². The molecule has 0 aliphatic carbocycles. The third-order valence-electron chi connectivity index (χ3n) is 4.47. The molecular weight excluding hydrogens is 424 g/mol. The second kappa shape index (κ2) is 6.37. The number of halogens is 1. The van der Waals surface area contributed by atoms with Gasteiger partial charge in [-0.1, -0.05) is 0 Å². The average Bonchev–Trinajstić information content (AvgIpc) is 3.01. The Morgan fingerprint density at radius 3 is 2.64 bits per heavy atom. The van der Waals surface area contributed by atoms with E-state index in [0.717, 1.165) is 31.5 Å². The van der Waals surface area contributed by atoms with Gasteiger partial charge in [-0.25, -0.2) is 0 Å². The third-order valence-corrected chi connectivity index (χ3v) is 7.39. The molecule has 1 aliphatic heterocycles. The molecule has 1 aliphatic rings. The van der Waals surface area contributed by atoms with Crippen molar-refractivity contribution < 1.29 is 9.13 Å². The topological polar surface area (TPSA) is 47.4 Å². The number of pyridine rings is 2. The minimum absolute atomic E-state index is 0.593. The summed E-state index contributed by atoms with van der Waals surface area (Å²) in [4.78, 5) is 8.84. The van der Waals surface area contributed by atoms with Gasteiger partial charge in [0.1, 0.15) is 0 Å². The number of aryl methyl sites for hydroxylation is 1. The zero-order valence-electron chi connectivity index (χ0n) is 14.2. The van der Waals surface area contributed by atoms with Crippen molar-refractivity contribution in [2.45, 2.75) is 20.0 Å². The second-order valence-corrected chi connectivity index (χ2v) is 8.67. The molecule has 4 nitrogen and oxygen atoms in total. The fourth-order valence-electron chi connectivity index (χ4n) is 3.25. The average molecular weight is 440 g/mol. The van der Waals surface area contributed by atoms with Crippen molar-refractivity contribution in [2.75, 3.05) is 7.11 Å². The molecule has 4 rings (SSSR count). The van der Waals surface area contributed by atoms with Crippen LogP contribution in [0, 0.1) is 6.92 Å². The van der Waals surface area contributed by atoms with E-state index in [-0.39, 0.29) is 0 Å². The Morgan fingerprint density at radius 1 is 1.16 bits per heavy atom. The van der Waals surface area contributed by atoms with Crippen molar-refractivity contribution in [3.63, 3.8) is 0 Å². The van der Waals surface area contributed by atoms with Crippen molar-refractivity contribution in [1.29, 1.82) is 0 Å². The van der Waals surface area contributed by atoms with Crippen molar-refractivity contribution in [3.8, 4) is 5.75 Å². The molecule has 0 spiro atoms. The normalized spacial score (nSPS) is 14.3. The Morgan fingerprint density at radius 2 is 1.92 bits per heavy atom. The molecule has 0 fully saturated rings. The van der Waals surface area contributed by atoms with Crippen LogP contribution < -0.4 is 8.45 Å². The Labute approximate surface area is 155 Å². The van der Waals surface area contributed by atoms with Gasteiger partial charge in [0.15, 0.2) is 0 Å². The van der Waals surface area contributed by atoms with Crippen LogP contribution >= 0.6 is 0 Å². The molecule has 0 saturated carbocycles. The number of methoxy groups -OCH3 is 1. The van der Waals surface area contributed by atoms with E-state index < -0.39 is 27.6 Å². The van der Waals surface area contributed by atoms with E-state index in [9.17, 15) is 0 Å². The number of hydrogen-bond donors (Lipinski definition) is 0. The Kier molecular flexibility index (Phi) is 4.19. The minimum atomic E-state index is -1.25. The number of nitrogens with zero attached hydrogens (tertiary/aromatic N) is 3. The van der Waals surface area contributed by atoms with Gasteiger partial charge in [-0.05, 0) is 0 Å². The van der Waals surface area contributed by atoms with Gasteiger partial charge in [0, 0.05) is 0 Å². The van der Waals surface area contributed by atoms with Gasteiger partial charge >= 0.3 is 156 Å². The molecule has 3 heterocycles. The van der Waals surface area contributed by atoms with Crippen molar-refractivity contribution in [3.05, 3.63) is 58.9 Å². The Bertz CT molecular complexity index is 1000. The summed E-state index contributed by atoms with van der Waals surface area (Å²) in [5.41, 5.74) is 4.89. The summed E-state index contributed by atoms with van der Waals surface area (Å²) in [6, 6.07) is 7.27. The molecule has 0 bridgehead atoms. The van der Waals surface area contributed by atoms with Gasteiger partial charge < -0.3 is 0 Å². The van der Waals surface area contributed by atoms with Crippen molar-refractivity contribution >= 4 is 41.7 Å². The number of aromatic nitrogens is 2. The zero-order valence-corrected chi connectivity index (χ0v) is 17.0. The van der Waals surface area contributed by atoms with Gasteiger partial charge in [-0.15, -0.1) is 0 Å². The predicted molar refractivity (Wildman–Crippen MR) is 97.8 cm³/mol. The van der Waals surface area contributed by atoms with Gasteiger partial charge in [0.25, 0.3) is 0 Å². The van der Waals surface area contributed by atoms with Gasteiger partial charge in [0.05, 0.1) is 0 Å². The van der Waals surface area contributed by atoms with Crippen LogP contribution in [0.15, 0.2) is 39.9 Å². The standard InChI is InChI=1S/C19H16FN3O.Sn/c1-11-8-14(24-3)9-15-17(16(12(2)21)10-23-19(11)15)18(20)13-4-6-22-7-5-13;/h4-9,18H,1-3H3;/q-1;+1. The van der Waals surface area contributed by atoms with Crippen LogP contribution in [0.25, 0.3) is 10.9 Å². The fourth-order valence-corrected chi connectivity index (χ4v) is 6.03. The number of rotatable bonds is 3. The molecule has 2 aromatic heterocycles.